The van der Waals surface area contributed by atoms with Crippen molar-refractivity contribution in [3.05, 3.63) is 23.4 Å². The highest BCUT2D eigenvalue weighted by atomic mass is 35.5. The first kappa shape index (κ1) is 16.9. The summed E-state index contributed by atoms with van der Waals surface area (Å²) in [7, 11) is 4.50. The van der Waals surface area contributed by atoms with Crippen molar-refractivity contribution in [2.24, 2.45) is 10.8 Å². The molecule has 1 saturated heterocycles. The van der Waals surface area contributed by atoms with Crippen LogP contribution in [0.25, 0.3) is 0 Å². The van der Waals surface area contributed by atoms with Gasteiger partial charge in [-0.2, -0.15) is 0 Å². The maximum absolute atomic E-state index is 13.3. The van der Waals surface area contributed by atoms with Gasteiger partial charge in [-0.05, 0) is 31.9 Å². The first-order chi connectivity index (χ1) is 11.9. The number of ether oxygens (including phenoxy) is 3. The normalized spacial score (nSPS) is 42.6. The predicted octanol–water partition coefficient (Wildman–Crippen LogP) is 1.68. The highest BCUT2D eigenvalue weighted by Gasteiger charge is 2.80. The summed E-state index contributed by atoms with van der Waals surface area (Å²) in [4.78, 5) is 26.2. The molecule has 25 heavy (non-hydrogen) atoms. The van der Waals surface area contributed by atoms with E-state index in [-0.39, 0.29) is 23.7 Å². The molecule has 1 saturated carbocycles. The van der Waals surface area contributed by atoms with E-state index in [0.29, 0.717) is 37.3 Å². The second-order valence-electron chi connectivity index (χ2n) is 7.28. The number of alkyl halides is 1. The smallest absolute Gasteiger partial charge is 0.205 e. The Morgan fingerprint density at radius 3 is 2.56 bits per heavy atom. The molecule has 4 aliphatic rings. The molecule has 7 heteroatoms. The van der Waals surface area contributed by atoms with Crippen LogP contribution in [0.5, 0.6) is 0 Å². The van der Waals surface area contributed by atoms with Crippen molar-refractivity contribution in [1.29, 1.82) is 0 Å². The number of allylic oxidation sites excluding steroid dienone is 3. The summed E-state index contributed by atoms with van der Waals surface area (Å²) in [6, 6.07) is 0. The van der Waals surface area contributed by atoms with Crippen molar-refractivity contribution in [3.63, 3.8) is 0 Å². The number of nitrogens with one attached hydrogen (secondary N) is 1. The van der Waals surface area contributed by atoms with Crippen molar-refractivity contribution < 1.29 is 23.8 Å². The maximum atomic E-state index is 13.3. The van der Waals surface area contributed by atoms with Gasteiger partial charge in [-0.25, -0.2) is 0 Å². The Bertz CT molecular complexity index is 731. The first-order valence-electron chi connectivity index (χ1n) is 8.48. The fraction of sp³-hybridized carbons (Fsp3) is 0.667. The van der Waals surface area contributed by atoms with Crippen molar-refractivity contribution >= 4 is 23.2 Å². The lowest BCUT2D eigenvalue weighted by Gasteiger charge is -2.50. The molecule has 0 bridgehead atoms. The van der Waals surface area contributed by atoms with Gasteiger partial charge in [0.1, 0.15) is 0 Å². The zero-order valence-electron chi connectivity index (χ0n) is 14.6. The van der Waals surface area contributed by atoms with Crippen molar-refractivity contribution in [3.8, 4) is 0 Å². The predicted molar refractivity (Wildman–Crippen MR) is 89.9 cm³/mol. The minimum atomic E-state index is -0.859. The topological polar surface area (TPSA) is 73.9 Å². The van der Waals surface area contributed by atoms with Gasteiger partial charge in [-0.15, -0.1) is 11.6 Å². The molecular weight excluding hydrogens is 346 g/mol. The summed E-state index contributed by atoms with van der Waals surface area (Å²) in [6.07, 6.45) is 3.71. The Balaban J connectivity index is 1.96. The number of halogens is 1. The van der Waals surface area contributed by atoms with E-state index in [1.165, 1.54) is 21.3 Å². The molecule has 2 fully saturated rings. The number of hydrogen-bond acceptors (Lipinski definition) is 6. The van der Waals surface area contributed by atoms with Gasteiger partial charge < -0.3 is 19.5 Å². The molecule has 0 radical (unpaired) electrons. The van der Waals surface area contributed by atoms with E-state index < -0.39 is 21.7 Å². The second kappa shape index (κ2) is 5.24. The minimum Gasteiger partial charge on any atom is -0.495 e. The Kier molecular flexibility index (Phi) is 3.54. The van der Waals surface area contributed by atoms with Gasteiger partial charge in [-0.1, -0.05) is 0 Å². The number of ketones is 2. The van der Waals surface area contributed by atoms with Crippen LogP contribution in [0.4, 0.5) is 0 Å². The van der Waals surface area contributed by atoms with E-state index in [1.54, 1.807) is 0 Å². The van der Waals surface area contributed by atoms with Crippen LogP contribution in [0, 0.1) is 10.8 Å². The third kappa shape index (κ3) is 1.61. The van der Waals surface area contributed by atoms with Crippen molar-refractivity contribution in [2.75, 3.05) is 27.9 Å². The second-order valence-corrected chi connectivity index (χ2v) is 7.81. The van der Waals surface area contributed by atoms with Crippen LogP contribution < -0.4 is 5.32 Å². The Morgan fingerprint density at radius 2 is 1.96 bits per heavy atom. The standard InChI is InChI=1S/C18H22ClNO5/c1-23-11-4-5-17(14(11)22)12(19)9-18-15(25-3)13(24-2)10(21)8-16(17,18)6-7-20-18/h4,12,20H,5-9H2,1-3H3/t12-,16+,17-,18-/m0/s1. The van der Waals surface area contributed by atoms with E-state index in [4.69, 9.17) is 25.8 Å². The Hall–Kier alpha value is -1.53. The van der Waals surface area contributed by atoms with Crippen LogP contribution in [0.3, 0.4) is 0 Å². The number of carbonyl (C=O) groups excluding carboxylic acids is 2. The van der Waals surface area contributed by atoms with Gasteiger partial charge in [0, 0.05) is 17.2 Å². The van der Waals surface area contributed by atoms with Crippen LogP contribution in [0.15, 0.2) is 23.4 Å². The number of methoxy groups -OCH3 is 3. The largest absolute Gasteiger partial charge is 0.495 e. The summed E-state index contributed by atoms with van der Waals surface area (Å²) < 4.78 is 16.3. The highest BCUT2D eigenvalue weighted by Crippen LogP contribution is 2.72. The molecule has 1 heterocycles. The number of Topliss-reactive ketones (excluding diaryl/α,β-unsaturated/α-hetero) is 2. The Labute approximate surface area is 151 Å². The van der Waals surface area contributed by atoms with Crippen LogP contribution in [0.2, 0.25) is 0 Å². The van der Waals surface area contributed by atoms with Crippen LogP contribution >= 0.6 is 11.6 Å². The fourth-order valence-electron chi connectivity index (χ4n) is 5.94. The van der Waals surface area contributed by atoms with E-state index in [2.05, 4.69) is 5.32 Å². The average molecular weight is 368 g/mol. The van der Waals surface area contributed by atoms with Gasteiger partial charge >= 0.3 is 0 Å². The van der Waals surface area contributed by atoms with Crippen molar-refractivity contribution in [1.82, 2.24) is 5.32 Å². The zero-order chi connectivity index (χ0) is 18.0. The molecule has 1 aliphatic heterocycles. The van der Waals surface area contributed by atoms with Gasteiger partial charge in [0.05, 0.1) is 32.3 Å². The molecule has 1 N–H and O–H groups in total. The van der Waals surface area contributed by atoms with Crippen molar-refractivity contribution in [2.45, 2.75) is 36.6 Å². The lowest BCUT2D eigenvalue weighted by Crippen LogP contribution is -2.60. The van der Waals surface area contributed by atoms with Crippen LogP contribution in [-0.2, 0) is 23.8 Å². The van der Waals surface area contributed by atoms with E-state index >= 15 is 0 Å². The summed E-state index contributed by atoms with van der Waals surface area (Å²) in [5.41, 5.74) is -2.16. The number of hydrogen-bond donors (Lipinski definition) is 1. The molecule has 136 valence electrons. The van der Waals surface area contributed by atoms with Gasteiger partial charge in [0.15, 0.2) is 11.5 Å². The third-order valence-corrected chi connectivity index (χ3v) is 7.37. The number of rotatable bonds is 3. The van der Waals surface area contributed by atoms with E-state index in [1.807, 2.05) is 6.08 Å². The monoisotopic (exact) mass is 367 g/mol. The summed E-state index contributed by atoms with van der Waals surface area (Å²) >= 11 is 6.84. The van der Waals surface area contributed by atoms with Gasteiger partial charge in [0.25, 0.3) is 0 Å². The molecule has 6 nitrogen and oxygen atoms in total. The SMILES string of the molecule is COC1=CC[C@@]2(C1=O)[C@@H](Cl)C[C@@]13NCC[C@]12CC(=O)C(OC)=C3OC. The summed E-state index contributed by atoms with van der Waals surface area (Å²) in [6.45, 7) is 0.693. The van der Waals surface area contributed by atoms with Gasteiger partial charge in [0.2, 0.25) is 17.3 Å². The van der Waals surface area contributed by atoms with Crippen LogP contribution in [0.1, 0.15) is 25.7 Å². The molecule has 4 rings (SSSR count). The fourth-order valence-corrected chi connectivity index (χ4v) is 6.57. The summed E-state index contributed by atoms with van der Waals surface area (Å²) in [5, 5.41) is 3.10. The Morgan fingerprint density at radius 1 is 1.20 bits per heavy atom. The first-order valence-corrected chi connectivity index (χ1v) is 8.92. The molecule has 0 aromatic heterocycles. The molecule has 4 atom stereocenters. The average Bonchev–Trinajstić information content (AvgIpc) is 3.18. The van der Waals surface area contributed by atoms with Crippen LogP contribution in [-0.4, -0.2) is 50.4 Å². The molecule has 1 spiro atoms. The molecule has 0 unspecified atom stereocenters. The molecule has 3 aliphatic carbocycles. The zero-order valence-corrected chi connectivity index (χ0v) is 15.4. The highest BCUT2D eigenvalue weighted by molar-refractivity contribution is 6.25. The van der Waals surface area contributed by atoms with E-state index in [0.717, 1.165) is 0 Å². The molecular formula is C18H22ClNO5. The maximum Gasteiger partial charge on any atom is 0.205 e. The molecule has 0 aromatic rings. The lowest BCUT2D eigenvalue weighted by atomic mass is 9.53. The number of carbonyl (C=O) groups is 2. The molecule has 0 aromatic carbocycles. The van der Waals surface area contributed by atoms with E-state index in [9.17, 15) is 9.59 Å². The lowest BCUT2D eigenvalue weighted by molar-refractivity contribution is -0.139. The third-order valence-electron chi connectivity index (χ3n) is 6.85. The minimum absolute atomic E-state index is 0.0929. The summed E-state index contributed by atoms with van der Waals surface area (Å²) in [5.74, 6) is 0.826. The van der Waals surface area contributed by atoms with Gasteiger partial charge in [-0.3, -0.25) is 9.59 Å². The quantitative estimate of drug-likeness (QED) is 0.765. The molecule has 0 amide bonds.